The van der Waals surface area contributed by atoms with Gasteiger partial charge in [0.2, 0.25) is 0 Å². The molecular formula is C21H37N3O2. The Hall–Kier alpha value is -1.59. The molecule has 0 radical (unpaired) electrons. The molecule has 0 saturated carbocycles. The number of aliphatic imine (C=N–C) groups is 1. The number of nitrogens with zero attached hydrogens (tertiary/aromatic N) is 1. The first-order valence-corrected chi connectivity index (χ1v) is 9.71. The highest BCUT2D eigenvalue weighted by molar-refractivity contribution is 5.79. The van der Waals surface area contributed by atoms with E-state index in [1.165, 1.54) is 11.1 Å². The van der Waals surface area contributed by atoms with E-state index in [1.54, 1.807) is 7.05 Å². The molecule has 1 rings (SSSR count). The summed E-state index contributed by atoms with van der Waals surface area (Å²) in [7, 11) is 1.80. The third-order valence-electron chi connectivity index (χ3n) is 4.14. The Morgan fingerprint density at radius 2 is 1.65 bits per heavy atom. The highest BCUT2D eigenvalue weighted by atomic mass is 16.5. The minimum atomic E-state index is 0.253. The summed E-state index contributed by atoms with van der Waals surface area (Å²) in [5.74, 6) is 1.33. The quantitative estimate of drug-likeness (QED) is 0.465. The average Bonchev–Trinajstić information content (AvgIpc) is 2.62. The van der Waals surface area contributed by atoms with Crippen LogP contribution < -0.4 is 10.6 Å². The standard InChI is InChI=1S/C21H37N3O2/c1-7-25-20(16(2)3)12-13-23-21(22-6)24-14-18-8-10-19(11-9-18)15-26-17(4)5/h8-11,16-17,20H,7,12-15H2,1-6H3,(H2,22,23,24). The molecule has 2 N–H and O–H groups in total. The van der Waals surface area contributed by atoms with Crippen LogP contribution in [0.2, 0.25) is 0 Å². The highest BCUT2D eigenvalue weighted by Crippen LogP contribution is 2.10. The van der Waals surface area contributed by atoms with Crippen LogP contribution in [0.3, 0.4) is 0 Å². The van der Waals surface area contributed by atoms with Crippen molar-refractivity contribution in [1.82, 2.24) is 10.6 Å². The SMILES string of the molecule is CCOC(CCNC(=NC)NCc1ccc(COC(C)C)cc1)C(C)C. The van der Waals surface area contributed by atoms with Crippen LogP contribution >= 0.6 is 0 Å². The van der Waals surface area contributed by atoms with Gasteiger partial charge in [-0.2, -0.15) is 0 Å². The Kier molecular flexibility index (Phi) is 11.0. The third-order valence-corrected chi connectivity index (χ3v) is 4.14. The van der Waals surface area contributed by atoms with Gasteiger partial charge < -0.3 is 20.1 Å². The summed E-state index contributed by atoms with van der Waals surface area (Å²) in [4.78, 5) is 4.29. The van der Waals surface area contributed by atoms with Gasteiger partial charge in [0.25, 0.3) is 0 Å². The van der Waals surface area contributed by atoms with Crippen LogP contribution in [0.4, 0.5) is 0 Å². The zero-order chi connectivity index (χ0) is 19.4. The predicted octanol–water partition coefficient (Wildman–Crippen LogP) is 3.73. The molecule has 0 aliphatic carbocycles. The van der Waals surface area contributed by atoms with Crippen molar-refractivity contribution in [1.29, 1.82) is 0 Å². The number of benzene rings is 1. The van der Waals surface area contributed by atoms with E-state index >= 15 is 0 Å². The van der Waals surface area contributed by atoms with Crippen LogP contribution in [-0.4, -0.2) is 38.4 Å². The second kappa shape index (κ2) is 12.7. The van der Waals surface area contributed by atoms with Crippen LogP contribution in [0.1, 0.15) is 52.2 Å². The van der Waals surface area contributed by atoms with E-state index in [0.29, 0.717) is 12.5 Å². The molecule has 5 heteroatoms. The van der Waals surface area contributed by atoms with Crippen molar-refractivity contribution in [2.24, 2.45) is 10.9 Å². The van der Waals surface area contributed by atoms with Gasteiger partial charge in [-0.1, -0.05) is 38.1 Å². The maximum Gasteiger partial charge on any atom is 0.191 e. The fourth-order valence-corrected chi connectivity index (χ4v) is 2.58. The first-order valence-electron chi connectivity index (χ1n) is 9.71. The fourth-order valence-electron chi connectivity index (χ4n) is 2.58. The molecule has 0 spiro atoms. The molecule has 0 aromatic heterocycles. The number of hydrogen-bond donors (Lipinski definition) is 2. The van der Waals surface area contributed by atoms with Crippen LogP contribution in [0.5, 0.6) is 0 Å². The minimum Gasteiger partial charge on any atom is -0.378 e. The molecule has 0 aliphatic rings. The number of rotatable bonds is 11. The van der Waals surface area contributed by atoms with E-state index in [-0.39, 0.29) is 12.2 Å². The first kappa shape index (κ1) is 22.5. The Morgan fingerprint density at radius 3 is 2.19 bits per heavy atom. The molecule has 0 saturated heterocycles. The van der Waals surface area contributed by atoms with Crippen molar-refractivity contribution >= 4 is 5.96 Å². The molecule has 0 amide bonds. The van der Waals surface area contributed by atoms with E-state index in [9.17, 15) is 0 Å². The zero-order valence-electron chi connectivity index (χ0n) is 17.3. The Bertz CT molecular complexity index is 512. The lowest BCUT2D eigenvalue weighted by Gasteiger charge is -2.21. The van der Waals surface area contributed by atoms with E-state index in [1.807, 2.05) is 6.92 Å². The van der Waals surface area contributed by atoms with E-state index in [2.05, 4.69) is 67.6 Å². The van der Waals surface area contributed by atoms with Gasteiger partial charge in [0, 0.05) is 26.7 Å². The molecule has 5 nitrogen and oxygen atoms in total. The Labute approximate surface area is 159 Å². The van der Waals surface area contributed by atoms with Crippen molar-refractivity contribution < 1.29 is 9.47 Å². The summed E-state index contributed by atoms with van der Waals surface area (Å²) in [6.45, 7) is 13.5. The van der Waals surface area contributed by atoms with Crippen molar-refractivity contribution in [3.63, 3.8) is 0 Å². The van der Waals surface area contributed by atoms with Crippen LogP contribution in [0.15, 0.2) is 29.3 Å². The molecule has 0 fully saturated rings. The number of guanidine groups is 1. The van der Waals surface area contributed by atoms with Gasteiger partial charge in [0.1, 0.15) is 0 Å². The molecule has 0 heterocycles. The molecule has 0 aliphatic heterocycles. The van der Waals surface area contributed by atoms with Crippen LogP contribution in [-0.2, 0) is 22.6 Å². The summed E-state index contributed by atoms with van der Waals surface area (Å²) >= 11 is 0. The lowest BCUT2D eigenvalue weighted by atomic mass is 10.0. The molecule has 0 bridgehead atoms. The van der Waals surface area contributed by atoms with Crippen LogP contribution in [0, 0.1) is 5.92 Å². The summed E-state index contributed by atoms with van der Waals surface area (Å²) in [6, 6.07) is 8.49. The van der Waals surface area contributed by atoms with E-state index in [4.69, 9.17) is 9.47 Å². The number of ether oxygens (including phenoxy) is 2. The van der Waals surface area contributed by atoms with Crippen molar-refractivity contribution in [2.45, 2.75) is 66.4 Å². The lowest BCUT2D eigenvalue weighted by Crippen LogP contribution is -2.38. The van der Waals surface area contributed by atoms with Crippen LogP contribution in [0.25, 0.3) is 0 Å². The molecule has 1 atom stereocenters. The topological polar surface area (TPSA) is 54.9 Å². The summed E-state index contributed by atoms with van der Waals surface area (Å²) < 4.78 is 11.4. The monoisotopic (exact) mass is 363 g/mol. The first-order chi connectivity index (χ1) is 12.5. The van der Waals surface area contributed by atoms with Crippen molar-refractivity contribution in [3.05, 3.63) is 35.4 Å². The second-order valence-electron chi connectivity index (χ2n) is 7.06. The summed E-state index contributed by atoms with van der Waals surface area (Å²) in [6.07, 6.45) is 1.51. The molecule has 26 heavy (non-hydrogen) atoms. The van der Waals surface area contributed by atoms with Gasteiger partial charge in [-0.25, -0.2) is 0 Å². The smallest absolute Gasteiger partial charge is 0.191 e. The fraction of sp³-hybridized carbons (Fsp3) is 0.667. The molecular weight excluding hydrogens is 326 g/mol. The number of hydrogen-bond acceptors (Lipinski definition) is 3. The zero-order valence-corrected chi connectivity index (χ0v) is 17.3. The van der Waals surface area contributed by atoms with Gasteiger partial charge in [-0.15, -0.1) is 0 Å². The van der Waals surface area contributed by atoms with Gasteiger partial charge in [-0.05, 0) is 44.2 Å². The minimum absolute atomic E-state index is 0.253. The summed E-state index contributed by atoms with van der Waals surface area (Å²) in [5, 5.41) is 6.72. The summed E-state index contributed by atoms with van der Waals surface area (Å²) in [5.41, 5.74) is 2.41. The molecule has 1 aromatic carbocycles. The van der Waals surface area contributed by atoms with Gasteiger partial charge in [-0.3, -0.25) is 4.99 Å². The van der Waals surface area contributed by atoms with Gasteiger partial charge in [0.05, 0.1) is 18.8 Å². The maximum atomic E-state index is 5.78. The largest absolute Gasteiger partial charge is 0.378 e. The van der Waals surface area contributed by atoms with Crippen molar-refractivity contribution in [3.8, 4) is 0 Å². The third kappa shape index (κ3) is 9.20. The maximum absolute atomic E-state index is 5.78. The highest BCUT2D eigenvalue weighted by Gasteiger charge is 2.12. The lowest BCUT2D eigenvalue weighted by molar-refractivity contribution is 0.0258. The Morgan fingerprint density at radius 1 is 1.00 bits per heavy atom. The number of nitrogens with one attached hydrogen (secondary N) is 2. The van der Waals surface area contributed by atoms with Crippen molar-refractivity contribution in [2.75, 3.05) is 20.2 Å². The van der Waals surface area contributed by atoms with E-state index < -0.39 is 0 Å². The predicted molar refractivity (Wildman–Crippen MR) is 109 cm³/mol. The normalized spacial score (nSPS) is 13.3. The van der Waals surface area contributed by atoms with E-state index in [0.717, 1.165) is 32.1 Å². The molecule has 148 valence electrons. The van der Waals surface area contributed by atoms with Gasteiger partial charge >= 0.3 is 0 Å². The van der Waals surface area contributed by atoms with Gasteiger partial charge in [0.15, 0.2) is 5.96 Å². The molecule has 1 aromatic rings. The Balaban J connectivity index is 2.37. The average molecular weight is 364 g/mol. The molecule has 1 unspecified atom stereocenters. The second-order valence-corrected chi connectivity index (χ2v) is 7.06.